The fourth-order valence-electron chi connectivity index (χ4n) is 3.38. The predicted octanol–water partition coefficient (Wildman–Crippen LogP) is 4.14. The maximum atomic E-state index is 13.4. The van der Waals surface area contributed by atoms with E-state index in [4.69, 9.17) is 23.2 Å². The van der Waals surface area contributed by atoms with Gasteiger partial charge in [0.1, 0.15) is 12.6 Å². The summed E-state index contributed by atoms with van der Waals surface area (Å²) in [6.45, 7) is 3.92. The van der Waals surface area contributed by atoms with Crippen molar-refractivity contribution in [2.75, 3.05) is 30.2 Å². The number of carbonyl (C=O) groups is 2. The van der Waals surface area contributed by atoms with Crippen LogP contribution in [0.3, 0.4) is 0 Å². The first-order chi connectivity index (χ1) is 16.0. The van der Waals surface area contributed by atoms with Crippen molar-refractivity contribution in [2.45, 2.75) is 39.2 Å². The number of amides is 2. The number of nitrogens with one attached hydrogen (secondary N) is 1. The van der Waals surface area contributed by atoms with Gasteiger partial charge in [0.15, 0.2) is 0 Å². The van der Waals surface area contributed by atoms with Crippen LogP contribution in [0.1, 0.15) is 32.3 Å². The van der Waals surface area contributed by atoms with Gasteiger partial charge in [-0.3, -0.25) is 13.9 Å². The minimum Gasteiger partial charge on any atom is -0.354 e. The zero-order valence-electron chi connectivity index (χ0n) is 19.6. The van der Waals surface area contributed by atoms with Crippen molar-refractivity contribution >= 4 is 50.7 Å². The Bertz CT molecular complexity index is 1080. The van der Waals surface area contributed by atoms with Crippen molar-refractivity contribution in [3.8, 4) is 0 Å². The van der Waals surface area contributed by atoms with E-state index in [-0.39, 0.29) is 23.2 Å². The second-order valence-corrected chi connectivity index (χ2v) is 10.8. The van der Waals surface area contributed by atoms with Crippen LogP contribution in [-0.2, 0) is 26.0 Å². The van der Waals surface area contributed by atoms with Gasteiger partial charge in [-0.1, -0.05) is 66.9 Å². The molecule has 0 spiro atoms. The molecule has 1 unspecified atom stereocenters. The topological polar surface area (TPSA) is 86.8 Å². The molecule has 0 aromatic heterocycles. The molecule has 0 saturated carbocycles. The smallest absolute Gasteiger partial charge is 0.244 e. The first-order valence-corrected chi connectivity index (χ1v) is 13.7. The molecular formula is C24H31Cl2N3O4S. The van der Waals surface area contributed by atoms with Gasteiger partial charge in [-0.25, -0.2) is 8.42 Å². The van der Waals surface area contributed by atoms with Gasteiger partial charge >= 0.3 is 0 Å². The lowest BCUT2D eigenvalue weighted by molar-refractivity contribution is -0.138. The molecule has 1 N–H and O–H groups in total. The standard InChI is InChI=1S/C24H31Cl2N3O4S/c1-4-5-14-27-24(31)18(2)28(15-13-19-9-7-6-8-10-19)23(30)17-29(34(3,32)33)22-12-11-20(25)16-21(22)26/h6-12,16,18H,4-5,13-15,17H2,1-3H3,(H,27,31). The zero-order valence-corrected chi connectivity index (χ0v) is 22.0. The van der Waals surface area contributed by atoms with Gasteiger partial charge in [-0.05, 0) is 43.5 Å². The molecule has 0 saturated heterocycles. The third-order valence-corrected chi connectivity index (χ3v) is 7.00. The van der Waals surface area contributed by atoms with E-state index in [9.17, 15) is 18.0 Å². The van der Waals surface area contributed by atoms with E-state index in [0.29, 0.717) is 18.0 Å². The summed E-state index contributed by atoms with van der Waals surface area (Å²) in [6.07, 6.45) is 3.27. The highest BCUT2D eigenvalue weighted by molar-refractivity contribution is 7.92. The van der Waals surface area contributed by atoms with Crippen molar-refractivity contribution in [3.63, 3.8) is 0 Å². The SMILES string of the molecule is CCCCNC(=O)C(C)N(CCc1ccccc1)C(=O)CN(c1ccc(Cl)cc1Cl)S(C)(=O)=O. The second-order valence-electron chi connectivity index (χ2n) is 8.01. The van der Waals surface area contributed by atoms with E-state index in [1.807, 2.05) is 37.3 Å². The summed E-state index contributed by atoms with van der Waals surface area (Å²) in [5, 5.41) is 3.29. The maximum absolute atomic E-state index is 13.4. The van der Waals surface area contributed by atoms with E-state index >= 15 is 0 Å². The van der Waals surface area contributed by atoms with E-state index in [0.717, 1.165) is 29.0 Å². The summed E-state index contributed by atoms with van der Waals surface area (Å²) in [5.74, 6) is -0.796. The van der Waals surface area contributed by atoms with Crippen LogP contribution < -0.4 is 9.62 Å². The summed E-state index contributed by atoms with van der Waals surface area (Å²) in [4.78, 5) is 27.6. The summed E-state index contributed by atoms with van der Waals surface area (Å²) >= 11 is 12.2. The first-order valence-electron chi connectivity index (χ1n) is 11.1. The molecule has 0 fully saturated rings. The number of hydrogen-bond acceptors (Lipinski definition) is 4. The normalized spacial score (nSPS) is 12.1. The highest BCUT2D eigenvalue weighted by Gasteiger charge is 2.30. The number of sulfonamides is 1. The Morgan fingerprint density at radius 1 is 1.09 bits per heavy atom. The molecule has 0 aliphatic heterocycles. The van der Waals surface area contributed by atoms with Gasteiger partial charge in [-0.2, -0.15) is 0 Å². The highest BCUT2D eigenvalue weighted by atomic mass is 35.5. The van der Waals surface area contributed by atoms with Gasteiger partial charge in [0, 0.05) is 18.1 Å². The lowest BCUT2D eigenvalue weighted by Crippen LogP contribution is -2.52. The summed E-state index contributed by atoms with van der Waals surface area (Å²) < 4.78 is 26.1. The third kappa shape index (κ3) is 8.18. The number of unbranched alkanes of at least 4 members (excludes halogenated alkanes) is 1. The van der Waals surface area contributed by atoms with Crippen molar-refractivity contribution in [2.24, 2.45) is 0 Å². The third-order valence-electron chi connectivity index (χ3n) is 5.34. The molecule has 2 amide bonds. The number of halogens is 2. The maximum Gasteiger partial charge on any atom is 0.244 e. The average Bonchev–Trinajstić information content (AvgIpc) is 2.78. The molecule has 34 heavy (non-hydrogen) atoms. The molecule has 0 bridgehead atoms. The van der Waals surface area contributed by atoms with Crippen molar-refractivity contribution in [1.29, 1.82) is 0 Å². The predicted molar refractivity (Wildman–Crippen MR) is 138 cm³/mol. The Labute approximate surface area is 212 Å². The van der Waals surface area contributed by atoms with Crippen LogP contribution >= 0.6 is 23.2 Å². The fraction of sp³-hybridized carbons (Fsp3) is 0.417. The van der Waals surface area contributed by atoms with Crippen LogP contribution in [0.2, 0.25) is 10.0 Å². The molecule has 2 aromatic carbocycles. The minimum atomic E-state index is -3.85. The zero-order chi connectivity index (χ0) is 25.3. The van der Waals surface area contributed by atoms with Crippen molar-refractivity contribution in [3.05, 3.63) is 64.1 Å². The monoisotopic (exact) mass is 527 g/mol. The number of benzene rings is 2. The summed E-state index contributed by atoms with van der Waals surface area (Å²) in [6, 6.07) is 13.2. The van der Waals surface area contributed by atoms with E-state index in [1.165, 1.54) is 23.1 Å². The molecule has 2 rings (SSSR count). The Hall–Kier alpha value is -2.29. The van der Waals surface area contributed by atoms with Crippen LogP contribution in [0.5, 0.6) is 0 Å². The molecule has 0 aliphatic rings. The van der Waals surface area contributed by atoms with Crippen LogP contribution in [0.25, 0.3) is 0 Å². The van der Waals surface area contributed by atoms with Gasteiger partial charge in [0.2, 0.25) is 21.8 Å². The molecule has 10 heteroatoms. The highest BCUT2D eigenvalue weighted by Crippen LogP contribution is 2.30. The number of hydrogen-bond donors (Lipinski definition) is 1. The van der Waals surface area contributed by atoms with Crippen molar-refractivity contribution in [1.82, 2.24) is 10.2 Å². The molecule has 7 nitrogen and oxygen atoms in total. The lowest BCUT2D eigenvalue weighted by atomic mass is 10.1. The Morgan fingerprint density at radius 3 is 2.35 bits per heavy atom. The van der Waals surface area contributed by atoms with E-state index < -0.39 is 28.5 Å². The van der Waals surface area contributed by atoms with E-state index in [1.54, 1.807) is 6.92 Å². The van der Waals surface area contributed by atoms with Crippen LogP contribution in [-0.4, -0.2) is 57.1 Å². The molecule has 0 aliphatic carbocycles. The average molecular weight is 529 g/mol. The number of nitrogens with zero attached hydrogens (tertiary/aromatic N) is 2. The quantitative estimate of drug-likeness (QED) is 0.420. The van der Waals surface area contributed by atoms with Crippen molar-refractivity contribution < 1.29 is 18.0 Å². The second kappa shape index (κ2) is 13.0. The van der Waals surface area contributed by atoms with Gasteiger partial charge in [-0.15, -0.1) is 0 Å². The van der Waals surface area contributed by atoms with Gasteiger partial charge in [0.05, 0.1) is 17.0 Å². The van der Waals surface area contributed by atoms with Gasteiger partial charge < -0.3 is 10.2 Å². The molecular weight excluding hydrogens is 497 g/mol. The Balaban J connectivity index is 2.30. The van der Waals surface area contributed by atoms with E-state index in [2.05, 4.69) is 5.32 Å². The molecule has 0 radical (unpaired) electrons. The summed E-state index contributed by atoms with van der Waals surface area (Å²) in [5.41, 5.74) is 1.14. The number of anilines is 1. The van der Waals surface area contributed by atoms with Gasteiger partial charge in [0.25, 0.3) is 0 Å². The Kier molecular flexibility index (Phi) is 10.7. The lowest BCUT2D eigenvalue weighted by Gasteiger charge is -2.31. The largest absolute Gasteiger partial charge is 0.354 e. The molecule has 2 aromatic rings. The first kappa shape index (κ1) is 28.0. The van der Waals surface area contributed by atoms with Crippen LogP contribution in [0.4, 0.5) is 5.69 Å². The number of carbonyl (C=O) groups excluding carboxylic acids is 2. The number of rotatable bonds is 12. The fourth-order valence-corrected chi connectivity index (χ4v) is 4.81. The minimum absolute atomic E-state index is 0.104. The molecule has 186 valence electrons. The van der Waals surface area contributed by atoms with Crippen LogP contribution in [0.15, 0.2) is 48.5 Å². The Morgan fingerprint density at radius 2 is 1.76 bits per heavy atom. The summed E-state index contributed by atoms with van der Waals surface area (Å²) in [7, 11) is -3.85. The van der Waals surface area contributed by atoms with Crippen LogP contribution in [0, 0.1) is 0 Å². The molecule has 0 heterocycles. The molecule has 1 atom stereocenters.